The molecule has 1 aromatic carbocycles. The van der Waals surface area contributed by atoms with Crippen LogP contribution >= 0.6 is 0 Å². The van der Waals surface area contributed by atoms with Gasteiger partial charge in [0.1, 0.15) is 5.82 Å². The van der Waals surface area contributed by atoms with Crippen LogP contribution in [0.2, 0.25) is 0 Å². The van der Waals surface area contributed by atoms with E-state index in [4.69, 9.17) is 0 Å². The van der Waals surface area contributed by atoms with Crippen molar-refractivity contribution in [1.29, 1.82) is 0 Å². The van der Waals surface area contributed by atoms with E-state index in [9.17, 15) is 18.8 Å². The molecule has 0 radical (unpaired) electrons. The van der Waals surface area contributed by atoms with Crippen LogP contribution in [0.5, 0.6) is 0 Å². The van der Waals surface area contributed by atoms with Gasteiger partial charge in [-0.3, -0.25) is 14.4 Å². The van der Waals surface area contributed by atoms with Gasteiger partial charge in [0.25, 0.3) is 0 Å². The van der Waals surface area contributed by atoms with Crippen LogP contribution in [0.1, 0.15) is 38.2 Å². The van der Waals surface area contributed by atoms with E-state index in [-0.39, 0.29) is 36.0 Å². The molecular formula is C21H28FN3O3. The average Bonchev–Trinajstić information content (AvgIpc) is 2.68. The van der Waals surface area contributed by atoms with Gasteiger partial charge in [-0.1, -0.05) is 25.5 Å². The number of nitrogens with zero attached hydrogens (tertiary/aromatic N) is 3. The van der Waals surface area contributed by atoms with Crippen LogP contribution in [-0.4, -0.2) is 65.1 Å². The summed E-state index contributed by atoms with van der Waals surface area (Å²) in [5, 5.41) is 0. The molecule has 2 heterocycles. The van der Waals surface area contributed by atoms with Crippen molar-refractivity contribution >= 4 is 17.7 Å². The topological polar surface area (TPSA) is 60.9 Å². The van der Waals surface area contributed by atoms with Crippen molar-refractivity contribution in [3.8, 4) is 0 Å². The average molecular weight is 389 g/mol. The third-order valence-electron chi connectivity index (χ3n) is 5.52. The molecule has 0 saturated carbocycles. The molecule has 0 bridgehead atoms. The van der Waals surface area contributed by atoms with E-state index in [0.717, 1.165) is 19.4 Å². The molecular weight excluding hydrogens is 361 g/mol. The first kappa shape index (κ1) is 20.3. The minimum Gasteiger partial charge on any atom is -0.339 e. The van der Waals surface area contributed by atoms with Gasteiger partial charge in [0.05, 0.1) is 12.5 Å². The number of benzene rings is 1. The van der Waals surface area contributed by atoms with E-state index in [0.29, 0.717) is 44.6 Å². The second kappa shape index (κ2) is 9.17. The summed E-state index contributed by atoms with van der Waals surface area (Å²) in [5.41, 5.74) is 0.709. The quantitative estimate of drug-likeness (QED) is 0.748. The maximum atomic E-state index is 13.4. The second-order valence-electron chi connectivity index (χ2n) is 7.63. The summed E-state index contributed by atoms with van der Waals surface area (Å²) in [4.78, 5) is 42.6. The molecule has 0 spiro atoms. The molecule has 2 aliphatic rings. The molecule has 2 saturated heterocycles. The van der Waals surface area contributed by atoms with Gasteiger partial charge in [-0.2, -0.15) is 0 Å². The van der Waals surface area contributed by atoms with Crippen LogP contribution in [0, 0.1) is 11.7 Å². The van der Waals surface area contributed by atoms with Gasteiger partial charge in [0, 0.05) is 39.1 Å². The predicted octanol–water partition coefficient (Wildman–Crippen LogP) is 2.04. The molecule has 2 fully saturated rings. The Balaban J connectivity index is 1.58. The van der Waals surface area contributed by atoms with E-state index in [1.165, 1.54) is 12.1 Å². The highest BCUT2D eigenvalue weighted by molar-refractivity contribution is 5.88. The van der Waals surface area contributed by atoms with Crippen LogP contribution in [0.3, 0.4) is 0 Å². The van der Waals surface area contributed by atoms with Crippen LogP contribution in [0.15, 0.2) is 24.3 Å². The maximum absolute atomic E-state index is 13.4. The first-order valence-electron chi connectivity index (χ1n) is 10.1. The van der Waals surface area contributed by atoms with Crippen molar-refractivity contribution in [3.05, 3.63) is 35.6 Å². The van der Waals surface area contributed by atoms with Gasteiger partial charge in [0.2, 0.25) is 17.7 Å². The number of carbonyl (C=O) groups is 3. The largest absolute Gasteiger partial charge is 0.339 e. The molecule has 0 aliphatic carbocycles. The van der Waals surface area contributed by atoms with E-state index in [1.54, 1.807) is 21.9 Å². The third kappa shape index (κ3) is 4.88. The minimum absolute atomic E-state index is 0.00319. The number of rotatable bonds is 6. The molecule has 7 heteroatoms. The standard InChI is InChI=1S/C21H28FN3O3/c1-2-3-9-23-10-11-24(15-20(23)27)21(28)17-7-8-19(26)25(14-17)13-16-5-4-6-18(22)12-16/h4-6,12,17H,2-3,7-11,13-15H2,1H3. The van der Waals surface area contributed by atoms with E-state index >= 15 is 0 Å². The highest BCUT2D eigenvalue weighted by Crippen LogP contribution is 2.23. The smallest absolute Gasteiger partial charge is 0.242 e. The fourth-order valence-electron chi connectivity index (χ4n) is 3.87. The molecule has 0 aromatic heterocycles. The van der Waals surface area contributed by atoms with Crippen LogP contribution in [0.4, 0.5) is 4.39 Å². The summed E-state index contributed by atoms with van der Waals surface area (Å²) in [6.45, 7) is 4.69. The van der Waals surface area contributed by atoms with Crippen molar-refractivity contribution in [2.75, 3.05) is 32.7 Å². The number of amides is 3. The lowest BCUT2D eigenvalue weighted by atomic mass is 9.95. The van der Waals surface area contributed by atoms with Gasteiger partial charge in [-0.25, -0.2) is 4.39 Å². The molecule has 0 N–H and O–H groups in total. The molecule has 1 unspecified atom stereocenters. The van der Waals surface area contributed by atoms with Gasteiger partial charge in [-0.15, -0.1) is 0 Å². The van der Waals surface area contributed by atoms with E-state index < -0.39 is 0 Å². The molecule has 1 aromatic rings. The first-order valence-corrected chi connectivity index (χ1v) is 10.1. The Morgan fingerprint density at radius 1 is 1.18 bits per heavy atom. The monoisotopic (exact) mass is 389 g/mol. The third-order valence-corrected chi connectivity index (χ3v) is 5.52. The van der Waals surface area contributed by atoms with Gasteiger partial charge >= 0.3 is 0 Å². The number of likely N-dealkylation sites (tertiary alicyclic amines) is 1. The highest BCUT2D eigenvalue weighted by atomic mass is 19.1. The molecule has 28 heavy (non-hydrogen) atoms. The Kier molecular flexibility index (Phi) is 6.65. The molecule has 2 aliphatic heterocycles. The van der Waals surface area contributed by atoms with E-state index in [2.05, 4.69) is 6.92 Å². The lowest BCUT2D eigenvalue weighted by molar-refractivity contribution is -0.151. The summed E-state index contributed by atoms with van der Waals surface area (Å²) in [6, 6.07) is 6.17. The summed E-state index contributed by atoms with van der Waals surface area (Å²) in [7, 11) is 0. The van der Waals surface area contributed by atoms with Crippen molar-refractivity contribution in [2.45, 2.75) is 39.2 Å². The minimum atomic E-state index is -0.339. The Labute approximate surface area is 165 Å². The van der Waals surface area contributed by atoms with Crippen LogP contribution in [-0.2, 0) is 20.9 Å². The number of piperazine rings is 1. The SMILES string of the molecule is CCCCN1CCN(C(=O)C2CCC(=O)N(Cc3cccc(F)c3)C2)CC1=O. The summed E-state index contributed by atoms with van der Waals surface area (Å²) in [5.74, 6) is -0.721. The van der Waals surface area contributed by atoms with Crippen molar-refractivity contribution < 1.29 is 18.8 Å². The van der Waals surface area contributed by atoms with Gasteiger partial charge in [-0.05, 0) is 30.5 Å². The molecule has 3 rings (SSSR count). The zero-order valence-corrected chi connectivity index (χ0v) is 16.4. The Morgan fingerprint density at radius 3 is 2.71 bits per heavy atom. The molecule has 6 nitrogen and oxygen atoms in total. The van der Waals surface area contributed by atoms with Crippen molar-refractivity contribution in [1.82, 2.24) is 14.7 Å². The second-order valence-corrected chi connectivity index (χ2v) is 7.63. The maximum Gasteiger partial charge on any atom is 0.242 e. The lowest BCUT2D eigenvalue weighted by Crippen LogP contribution is -2.55. The summed E-state index contributed by atoms with van der Waals surface area (Å²) < 4.78 is 13.4. The normalized spacial score (nSPS) is 20.6. The molecule has 1 atom stereocenters. The number of piperidine rings is 1. The van der Waals surface area contributed by atoms with E-state index in [1.807, 2.05) is 4.90 Å². The lowest BCUT2D eigenvalue weighted by Gasteiger charge is -2.38. The predicted molar refractivity (Wildman–Crippen MR) is 103 cm³/mol. The zero-order valence-electron chi connectivity index (χ0n) is 16.4. The first-order chi connectivity index (χ1) is 13.5. The molecule has 3 amide bonds. The summed E-state index contributed by atoms with van der Waals surface area (Å²) in [6.07, 6.45) is 2.81. The fourth-order valence-corrected chi connectivity index (χ4v) is 3.87. The number of hydrogen-bond donors (Lipinski definition) is 0. The Hall–Kier alpha value is -2.44. The van der Waals surface area contributed by atoms with Gasteiger partial charge in [0.15, 0.2) is 0 Å². The van der Waals surface area contributed by atoms with Crippen LogP contribution in [0.25, 0.3) is 0 Å². The fraction of sp³-hybridized carbons (Fsp3) is 0.571. The van der Waals surface area contributed by atoms with Crippen molar-refractivity contribution in [3.63, 3.8) is 0 Å². The zero-order chi connectivity index (χ0) is 20.1. The van der Waals surface area contributed by atoms with Gasteiger partial charge < -0.3 is 14.7 Å². The Bertz CT molecular complexity index is 739. The Morgan fingerprint density at radius 2 is 2.00 bits per heavy atom. The molecule has 152 valence electrons. The summed E-state index contributed by atoms with van der Waals surface area (Å²) >= 11 is 0. The highest BCUT2D eigenvalue weighted by Gasteiger charge is 2.35. The van der Waals surface area contributed by atoms with Crippen molar-refractivity contribution in [2.24, 2.45) is 5.92 Å². The number of hydrogen-bond acceptors (Lipinski definition) is 3. The number of unbranched alkanes of at least 4 members (excludes halogenated alkanes) is 1. The number of carbonyl (C=O) groups excluding carboxylic acids is 3. The van der Waals surface area contributed by atoms with Crippen LogP contribution < -0.4 is 0 Å². The number of halogens is 1.